The van der Waals surface area contributed by atoms with Crippen molar-refractivity contribution in [1.29, 1.82) is 0 Å². The number of hydrogen-bond donors (Lipinski definition) is 1. The highest BCUT2D eigenvalue weighted by Crippen LogP contribution is 2.20. The maximum Gasteiger partial charge on any atom is 0.254 e. The molecule has 6 nitrogen and oxygen atoms in total. The van der Waals surface area contributed by atoms with Crippen molar-refractivity contribution >= 4 is 11.9 Å². The fourth-order valence-electron chi connectivity index (χ4n) is 2.82. The summed E-state index contributed by atoms with van der Waals surface area (Å²) in [5, 5.41) is 2.89. The Morgan fingerprint density at radius 2 is 2.12 bits per heavy atom. The fraction of sp³-hybridized carbons (Fsp3) is 0.444. The molecule has 126 valence electrons. The third-order valence-corrected chi connectivity index (χ3v) is 4.45. The molecule has 0 spiro atoms. The van der Waals surface area contributed by atoms with Gasteiger partial charge in [0.05, 0.1) is 11.3 Å². The molecule has 1 aliphatic rings. The smallest absolute Gasteiger partial charge is 0.254 e. The zero-order valence-corrected chi connectivity index (χ0v) is 14.2. The summed E-state index contributed by atoms with van der Waals surface area (Å²) < 4.78 is 0. The van der Waals surface area contributed by atoms with Crippen molar-refractivity contribution in [2.75, 3.05) is 18.0 Å². The lowest BCUT2D eigenvalue weighted by Crippen LogP contribution is -2.34. The topological polar surface area (TPSA) is 71.0 Å². The number of pyridine rings is 1. The zero-order valence-electron chi connectivity index (χ0n) is 14.2. The van der Waals surface area contributed by atoms with Crippen LogP contribution in [0.5, 0.6) is 0 Å². The van der Waals surface area contributed by atoms with E-state index in [1.807, 2.05) is 19.1 Å². The Morgan fingerprint density at radius 3 is 2.79 bits per heavy atom. The number of carbonyl (C=O) groups is 1. The van der Waals surface area contributed by atoms with Crippen LogP contribution < -0.4 is 10.2 Å². The Morgan fingerprint density at radius 1 is 1.33 bits per heavy atom. The SMILES string of the molecule is Cc1nc(N2CCC(C)CC2)ncc1C(=O)NCc1cccnc1. The summed E-state index contributed by atoms with van der Waals surface area (Å²) in [4.78, 5) is 27.5. The molecule has 2 aromatic heterocycles. The van der Waals surface area contributed by atoms with E-state index in [1.54, 1.807) is 18.6 Å². The number of aromatic nitrogens is 3. The zero-order chi connectivity index (χ0) is 16.9. The lowest BCUT2D eigenvalue weighted by Gasteiger charge is -2.30. The maximum atomic E-state index is 12.3. The van der Waals surface area contributed by atoms with Crippen LogP contribution in [0.15, 0.2) is 30.7 Å². The molecule has 1 aliphatic heterocycles. The molecule has 0 bridgehead atoms. The van der Waals surface area contributed by atoms with E-state index in [0.717, 1.165) is 43.4 Å². The van der Waals surface area contributed by atoms with Crippen molar-refractivity contribution in [3.05, 3.63) is 47.5 Å². The summed E-state index contributed by atoms with van der Waals surface area (Å²) >= 11 is 0. The van der Waals surface area contributed by atoms with Gasteiger partial charge in [-0.15, -0.1) is 0 Å². The van der Waals surface area contributed by atoms with Gasteiger partial charge in [-0.05, 0) is 37.3 Å². The number of nitrogens with one attached hydrogen (secondary N) is 1. The highest BCUT2D eigenvalue weighted by Gasteiger charge is 2.19. The van der Waals surface area contributed by atoms with Gasteiger partial charge >= 0.3 is 0 Å². The van der Waals surface area contributed by atoms with Gasteiger partial charge < -0.3 is 10.2 Å². The number of piperidine rings is 1. The molecule has 1 fully saturated rings. The first-order valence-corrected chi connectivity index (χ1v) is 8.39. The van der Waals surface area contributed by atoms with Crippen LogP contribution in [-0.2, 0) is 6.54 Å². The van der Waals surface area contributed by atoms with Crippen molar-refractivity contribution in [2.45, 2.75) is 33.2 Å². The number of aryl methyl sites for hydroxylation is 1. The minimum Gasteiger partial charge on any atom is -0.348 e. The van der Waals surface area contributed by atoms with E-state index in [4.69, 9.17) is 0 Å². The van der Waals surface area contributed by atoms with Crippen LogP contribution in [0, 0.1) is 12.8 Å². The molecule has 0 radical (unpaired) electrons. The number of carbonyl (C=O) groups excluding carboxylic acids is 1. The fourth-order valence-corrected chi connectivity index (χ4v) is 2.82. The van der Waals surface area contributed by atoms with E-state index in [0.29, 0.717) is 17.8 Å². The molecule has 1 amide bonds. The van der Waals surface area contributed by atoms with E-state index in [-0.39, 0.29) is 5.91 Å². The number of rotatable bonds is 4. The monoisotopic (exact) mass is 325 g/mol. The summed E-state index contributed by atoms with van der Waals surface area (Å²) in [6.45, 7) is 6.54. The van der Waals surface area contributed by atoms with Crippen LogP contribution >= 0.6 is 0 Å². The highest BCUT2D eigenvalue weighted by atomic mass is 16.1. The van der Waals surface area contributed by atoms with Crippen LogP contribution in [0.25, 0.3) is 0 Å². The van der Waals surface area contributed by atoms with Crippen LogP contribution in [-0.4, -0.2) is 33.9 Å². The van der Waals surface area contributed by atoms with Crippen molar-refractivity contribution in [3.63, 3.8) is 0 Å². The predicted molar refractivity (Wildman–Crippen MR) is 92.8 cm³/mol. The normalized spacial score (nSPS) is 15.3. The van der Waals surface area contributed by atoms with Crippen LogP contribution in [0.2, 0.25) is 0 Å². The number of anilines is 1. The van der Waals surface area contributed by atoms with Gasteiger partial charge in [0.15, 0.2) is 0 Å². The van der Waals surface area contributed by atoms with E-state index in [9.17, 15) is 4.79 Å². The lowest BCUT2D eigenvalue weighted by molar-refractivity contribution is 0.0949. The average Bonchev–Trinajstić information content (AvgIpc) is 2.61. The third-order valence-electron chi connectivity index (χ3n) is 4.45. The van der Waals surface area contributed by atoms with Gasteiger partial charge in [-0.25, -0.2) is 9.97 Å². The molecule has 1 saturated heterocycles. The molecule has 2 aromatic rings. The van der Waals surface area contributed by atoms with Crippen LogP contribution in [0.3, 0.4) is 0 Å². The minimum absolute atomic E-state index is 0.157. The number of amides is 1. The van der Waals surface area contributed by atoms with Gasteiger partial charge in [0.25, 0.3) is 5.91 Å². The first-order chi connectivity index (χ1) is 11.6. The molecular weight excluding hydrogens is 302 g/mol. The molecule has 6 heteroatoms. The first kappa shape index (κ1) is 16.4. The molecule has 3 rings (SSSR count). The van der Waals surface area contributed by atoms with E-state index < -0.39 is 0 Å². The molecule has 1 N–H and O–H groups in total. The largest absolute Gasteiger partial charge is 0.348 e. The summed E-state index contributed by atoms with van der Waals surface area (Å²) in [5.41, 5.74) is 2.19. The Labute approximate surface area is 142 Å². The van der Waals surface area contributed by atoms with E-state index >= 15 is 0 Å². The molecule has 24 heavy (non-hydrogen) atoms. The summed E-state index contributed by atoms with van der Waals surface area (Å²) in [6, 6.07) is 3.78. The van der Waals surface area contributed by atoms with Crippen LogP contribution in [0.1, 0.15) is 41.4 Å². The summed E-state index contributed by atoms with van der Waals surface area (Å²) in [7, 11) is 0. The molecule has 0 atom stereocenters. The molecule has 0 saturated carbocycles. The first-order valence-electron chi connectivity index (χ1n) is 8.39. The van der Waals surface area contributed by atoms with Crippen LogP contribution in [0.4, 0.5) is 5.95 Å². The highest BCUT2D eigenvalue weighted by molar-refractivity contribution is 5.94. The number of nitrogens with zero attached hydrogens (tertiary/aromatic N) is 4. The predicted octanol–water partition coefficient (Wildman–Crippen LogP) is 2.35. The van der Waals surface area contributed by atoms with Gasteiger partial charge in [-0.1, -0.05) is 13.0 Å². The molecule has 0 aromatic carbocycles. The van der Waals surface area contributed by atoms with Gasteiger partial charge in [-0.3, -0.25) is 9.78 Å². The minimum atomic E-state index is -0.157. The Hall–Kier alpha value is -2.50. The second-order valence-electron chi connectivity index (χ2n) is 6.38. The summed E-state index contributed by atoms with van der Waals surface area (Å²) in [5.74, 6) is 1.33. The van der Waals surface area contributed by atoms with Crippen molar-refractivity contribution < 1.29 is 4.79 Å². The van der Waals surface area contributed by atoms with Crippen molar-refractivity contribution in [3.8, 4) is 0 Å². The Balaban J connectivity index is 1.64. The third kappa shape index (κ3) is 3.88. The van der Waals surface area contributed by atoms with Gasteiger partial charge in [0, 0.05) is 38.2 Å². The Bertz CT molecular complexity index is 696. The number of hydrogen-bond acceptors (Lipinski definition) is 5. The van der Waals surface area contributed by atoms with Gasteiger partial charge in [0.1, 0.15) is 0 Å². The molecular formula is C18H23N5O. The Kier molecular flexibility index (Phi) is 5.03. The van der Waals surface area contributed by atoms with Crippen molar-refractivity contribution in [1.82, 2.24) is 20.3 Å². The van der Waals surface area contributed by atoms with E-state index in [2.05, 4.69) is 32.1 Å². The second-order valence-corrected chi connectivity index (χ2v) is 6.38. The lowest BCUT2D eigenvalue weighted by atomic mass is 10.00. The molecule has 0 aliphatic carbocycles. The van der Waals surface area contributed by atoms with Gasteiger partial charge in [-0.2, -0.15) is 0 Å². The van der Waals surface area contributed by atoms with E-state index in [1.165, 1.54) is 0 Å². The average molecular weight is 325 g/mol. The standard InChI is InChI=1S/C18H23N5O/c1-13-5-8-23(9-6-13)18-21-12-16(14(2)22-18)17(24)20-11-15-4-3-7-19-10-15/h3-4,7,10,12-13H,5-6,8-9,11H2,1-2H3,(H,20,24). The summed E-state index contributed by atoms with van der Waals surface area (Å²) in [6.07, 6.45) is 7.41. The van der Waals surface area contributed by atoms with Crippen molar-refractivity contribution in [2.24, 2.45) is 5.92 Å². The molecule has 0 unspecified atom stereocenters. The van der Waals surface area contributed by atoms with Gasteiger partial charge in [0.2, 0.25) is 5.95 Å². The second kappa shape index (κ2) is 7.38. The quantitative estimate of drug-likeness (QED) is 0.934. The maximum absolute atomic E-state index is 12.3. The molecule has 3 heterocycles.